The van der Waals surface area contributed by atoms with Crippen LogP contribution in [-0.2, 0) is 9.59 Å². The fourth-order valence-corrected chi connectivity index (χ4v) is 2.05. The number of carbonyl (C=O) groups is 2. The minimum absolute atomic E-state index is 0. The van der Waals surface area contributed by atoms with Gasteiger partial charge in [0, 0.05) is 4.47 Å². The molecule has 112 valence electrons. The van der Waals surface area contributed by atoms with Crippen LogP contribution in [0.15, 0.2) is 22.7 Å². The number of hydrogen-bond donors (Lipinski definition) is 2. The fraction of sp³-hybridized carbons (Fsp3) is 0.333. The molecule has 0 saturated carbocycles. The van der Waals surface area contributed by atoms with Gasteiger partial charge in [-0.1, -0.05) is 27.5 Å². The summed E-state index contributed by atoms with van der Waals surface area (Å²) < 4.78 is 0.812. The van der Waals surface area contributed by atoms with Crippen molar-refractivity contribution in [2.45, 2.75) is 13.0 Å². The molecule has 0 spiro atoms. The lowest BCUT2D eigenvalue weighted by molar-refractivity contribution is -0.142. The summed E-state index contributed by atoms with van der Waals surface area (Å²) in [7, 11) is 1.57. The molecule has 0 heterocycles. The zero-order valence-electron chi connectivity index (χ0n) is 10.9. The molecule has 20 heavy (non-hydrogen) atoms. The van der Waals surface area contributed by atoms with Crippen LogP contribution in [0.4, 0.5) is 5.69 Å². The molecule has 5 nitrogen and oxygen atoms in total. The van der Waals surface area contributed by atoms with E-state index in [1.165, 1.54) is 11.8 Å². The second-order valence-electron chi connectivity index (χ2n) is 4.10. The number of rotatable bonds is 5. The zero-order chi connectivity index (χ0) is 14.6. The number of aliphatic carboxylic acids is 1. The van der Waals surface area contributed by atoms with Gasteiger partial charge in [0.25, 0.3) is 0 Å². The molecule has 0 fully saturated rings. The highest BCUT2D eigenvalue weighted by atomic mass is 79.9. The van der Waals surface area contributed by atoms with Crippen molar-refractivity contribution >= 4 is 57.5 Å². The van der Waals surface area contributed by atoms with Crippen LogP contribution in [0, 0.1) is 0 Å². The van der Waals surface area contributed by atoms with E-state index < -0.39 is 12.0 Å². The first-order valence-corrected chi connectivity index (χ1v) is 6.66. The molecule has 2 N–H and O–H groups in total. The van der Waals surface area contributed by atoms with E-state index in [4.69, 9.17) is 16.7 Å². The van der Waals surface area contributed by atoms with Crippen LogP contribution in [0.1, 0.15) is 6.92 Å². The molecular formula is C12H15BrCl2N2O3. The van der Waals surface area contributed by atoms with Crippen molar-refractivity contribution < 1.29 is 14.7 Å². The van der Waals surface area contributed by atoms with Crippen molar-refractivity contribution in [2.75, 3.05) is 18.9 Å². The van der Waals surface area contributed by atoms with Crippen molar-refractivity contribution in [3.8, 4) is 0 Å². The summed E-state index contributed by atoms with van der Waals surface area (Å²) in [6.07, 6.45) is 0. The van der Waals surface area contributed by atoms with Gasteiger partial charge in [0.05, 0.1) is 17.3 Å². The van der Waals surface area contributed by atoms with E-state index in [1.807, 2.05) is 0 Å². The summed E-state index contributed by atoms with van der Waals surface area (Å²) in [6, 6.07) is 4.36. The van der Waals surface area contributed by atoms with Crippen LogP contribution < -0.4 is 5.32 Å². The second kappa shape index (κ2) is 8.46. The summed E-state index contributed by atoms with van der Waals surface area (Å²) in [5, 5.41) is 11.9. The van der Waals surface area contributed by atoms with Crippen LogP contribution in [0.25, 0.3) is 0 Å². The molecule has 1 unspecified atom stereocenters. The molecule has 0 aromatic heterocycles. The molecule has 0 aliphatic rings. The van der Waals surface area contributed by atoms with Crippen LogP contribution in [0.5, 0.6) is 0 Å². The van der Waals surface area contributed by atoms with E-state index in [-0.39, 0.29) is 24.9 Å². The number of carboxylic acids is 1. The number of carboxylic acid groups (broad SMARTS) is 1. The average molecular weight is 386 g/mol. The van der Waals surface area contributed by atoms with Gasteiger partial charge in [-0.3, -0.25) is 14.5 Å². The van der Waals surface area contributed by atoms with Gasteiger partial charge in [0.1, 0.15) is 6.04 Å². The maximum atomic E-state index is 11.8. The lowest BCUT2D eigenvalue weighted by Crippen LogP contribution is -2.40. The monoisotopic (exact) mass is 384 g/mol. The van der Waals surface area contributed by atoms with Gasteiger partial charge in [-0.2, -0.15) is 0 Å². The maximum absolute atomic E-state index is 11.8. The number of benzene rings is 1. The summed E-state index contributed by atoms with van der Waals surface area (Å²) >= 11 is 9.24. The number of amides is 1. The van der Waals surface area contributed by atoms with Crippen molar-refractivity contribution in [1.29, 1.82) is 0 Å². The Bertz CT molecular complexity index is 500. The Kier molecular flexibility index (Phi) is 8.12. The van der Waals surface area contributed by atoms with E-state index >= 15 is 0 Å². The molecule has 0 aliphatic carbocycles. The molecule has 1 amide bonds. The third-order valence-corrected chi connectivity index (χ3v) is 3.42. The summed E-state index contributed by atoms with van der Waals surface area (Å²) in [5.41, 5.74) is 0.492. The Morgan fingerprint density at radius 2 is 2.10 bits per heavy atom. The molecule has 1 aromatic carbocycles. The van der Waals surface area contributed by atoms with Gasteiger partial charge >= 0.3 is 5.97 Å². The first kappa shape index (κ1) is 19.2. The fourth-order valence-electron chi connectivity index (χ4n) is 1.33. The Labute approximate surface area is 136 Å². The molecule has 1 aromatic rings. The molecular weight excluding hydrogens is 371 g/mol. The number of anilines is 1. The summed E-state index contributed by atoms with van der Waals surface area (Å²) in [4.78, 5) is 24.0. The molecule has 0 saturated heterocycles. The van der Waals surface area contributed by atoms with Crippen LogP contribution >= 0.6 is 39.9 Å². The van der Waals surface area contributed by atoms with E-state index in [0.717, 1.165) is 4.47 Å². The van der Waals surface area contributed by atoms with Crippen molar-refractivity contribution in [2.24, 2.45) is 0 Å². The predicted octanol–water partition coefficient (Wildman–Crippen LogP) is 2.87. The number of nitrogens with zero attached hydrogens (tertiary/aromatic N) is 1. The SMILES string of the molecule is CC(C(=O)O)N(C)CC(=O)Nc1ccc(Br)cc1Cl.Cl. The number of hydrogen-bond acceptors (Lipinski definition) is 3. The minimum Gasteiger partial charge on any atom is -0.480 e. The number of likely N-dealkylation sites (N-methyl/N-ethyl adjacent to an activating group) is 1. The Hall–Kier alpha value is -0.820. The Morgan fingerprint density at radius 3 is 2.60 bits per heavy atom. The lowest BCUT2D eigenvalue weighted by Gasteiger charge is -2.20. The average Bonchev–Trinajstić information content (AvgIpc) is 2.31. The highest BCUT2D eigenvalue weighted by Gasteiger charge is 2.19. The topological polar surface area (TPSA) is 69.6 Å². The lowest BCUT2D eigenvalue weighted by atomic mass is 10.3. The van der Waals surface area contributed by atoms with Crippen LogP contribution in [0.3, 0.4) is 0 Å². The van der Waals surface area contributed by atoms with E-state index in [1.54, 1.807) is 25.2 Å². The largest absolute Gasteiger partial charge is 0.480 e. The van der Waals surface area contributed by atoms with Gasteiger partial charge in [0.2, 0.25) is 5.91 Å². The normalized spacial score (nSPS) is 11.7. The van der Waals surface area contributed by atoms with E-state index in [0.29, 0.717) is 10.7 Å². The number of nitrogens with one attached hydrogen (secondary N) is 1. The van der Waals surface area contributed by atoms with Gasteiger partial charge in [-0.05, 0) is 32.2 Å². The molecule has 0 radical (unpaired) electrons. The van der Waals surface area contributed by atoms with Gasteiger partial charge in [-0.15, -0.1) is 12.4 Å². The van der Waals surface area contributed by atoms with Crippen molar-refractivity contribution in [3.05, 3.63) is 27.7 Å². The second-order valence-corrected chi connectivity index (χ2v) is 5.42. The van der Waals surface area contributed by atoms with Crippen LogP contribution in [0.2, 0.25) is 5.02 Å². The molecule has 1 rings (SSSR count). The highest BCUT2D eigenvalue weighted by Crippen LogP contribution is 2.25. The quantitative estimate of drug-likeness (QED) is 0.817. The third-order valence-electron chi connectivity index (χ3n) is 2.62. The third kappa shape index (κ3) is 5.66. The summed E-state index contributed by atoms with van der Waals surface area (Å²) in [5.74, 6) is -1.29. The number of halogens is 3. The van der Waals surface area contributed by atoms with Crippen molar-refractivity contribution in [1.82, 2.24) is 4.90 Å². The van der Waals surface area contributed by atoms with E-state index in [2.05, 4.69) is 21.2 Å². The molecule has 1 atom stereocenters. The minimum atomic E-state index is -0.975. The smallest absolute Gasteiger partial charge is 0.320 e. The van der Waals surface area contributed by atoms with Gasteiger partial charge < -0.3 is 10.4 Å². The van der Waals surface area contributed by atoms with Gasteiger partial charge in [-0.25, -0.2) is 0 Å². The van der Waals surface area contributed by atoms with Crippen molar-refractivity contribution in [3.63, 3.8) is 0 Å². The zero-order valence-corrected chi connectivity index (χ0v) is 14.1. The molecule has 8 heteroatoms. The standard InChI is InChI=1S/C12H14BrClN2O3.ClH/c1-7(12(18)19)16(2)6-11(17)15-10-4-3-8(13)5-9(10)14;/h3-5,7H,6H2,1-2H3,(H,15,17)(H,18,19);1H. The van der Waals surface area contributed by atoms with E-state index in [9.17, 15) is 9.59 Å². The molecule has 0 bridgehead atoms. The maximum Gasteiger partial charge on any atom is 0.320 e. The summed E-state index contributed by atoms with van der Waals surface area (Å²) in [6.45, 7) is 1.49. The Balaban J connectivity index is 0.00000361. The number of carbonyl (C=O) groups excluding carboxylic acids is 1. The molecule has 0 aliphatic heterocycles. The Morgan fingerprint density at radius 1 is 1.50 bits per heavy atom. The van der Waals surface area contributed by atoms with Gasteiger partial charge in [0.15, 0.2) is 0 Å². The first-order chi connectivity index (χ1) is 8.81. The highest BCUT2D eigenvalue weighted by molar-refractivity contribution is 9.10. The van der Waals surface area contributed by atoms with Crippen LogP contribution in [-0.4, -0.2) is 41.5 Å². The first-order valence-electron chi connectivity index (χ1n) is 5.49. The predicted molar refractivity (Wildman–Crippen MR) is 84.8 cm³/mol.